The highest BCUT2D eigenvalue weighted by Crippen LogP contribution is 2.36. The van der Waals surface area contributed by atoms with Gasteiger partial charge in [-0.2, -0.15) is 0 Å². The van der Waals surface area contributed by atoms with Crippen molar-refractivity contribution in [3.05, 3.63) is 52.3 Å². The fourth-order valence-corrected chi connectivity index (χ4v) is 5.00. The molecule has 1 aromatic carbocycles. The fourth-order valence-electron chi connectivity index (χ4n) is 3.61. The van der Waals surface area contributed by atoms with Crippen molar-refractivity contribution in [2.45, 2.75) is 41.6 Å². The number of aryl methyl sites for hydroxylation is 1. The van der Waals surface area contributed by atoms with Crippen LogP contribution in [0, 0.1) is 0 Å². The van der Waals surface area contributed by atoms with Gasteiger partial charge in [-0.3, -0.25) is 4.79 Å². The average Bonchev–Trinajstić information content (AvgIpc) is 3.04. The number of fused-ring (bicyclic) bond motifs is 3. The highest BCUT2D eigenvalue weighted by Gasteiger charge is 2.26. The first-order chi connectivity index (χ1) is 14.1. The fraction of sp³-hybridized carbons (Fsp3) is 0.300. The molecule has 1 aliphatic heterocycles. The predicted octanol–water partition coefficient (Wildman–Crippen LogP) is 5.07. The van der Waals surface area contributed by atoms with Gasteiger partial charge >= 0.3 is 5.97 Å². The number of hydrogen-bond acceptors (Lipinski definition) is 5. The molecule has 0 fully saturated rings. The number of hydrogen-bond donors (Lipinski definition) is 2. The van der Waals surface area contributed by atoms with Crippen LogP contribution in [0.3, 0.4) is 0 Å². The summed E-state index contributed by atoms with van der Waals surface area (Å²) in [6, 6.07) is 8.79. The average molecular weight is 487 g/mol. The Morgan fingerprint density at radius 1 is 1.27 bits per heavy atom. The number of carboxylic acids is 1. The van der Waals surface area contributed by atoms with Crippen LogP contribution in [0.1, 0.15) is 30.9 Å². The zero-order valence-electron chi connectivity index (χ0n) is 16.0. The standard InChI is InChI=1S/C14H16N2O4S.C6H4Cl2S/c1-21(19,20)14-10-8-12-9(7-13(17)18)3-2-6-16(12)11(10)4-5-15-14;7-5-2-1-4(9)3-6(5)8/h4-5,8-9H,2-3,6-7H2,1H3,(H,17,18);1-3,9H. The molecule has 0 saturated heterocycles. The third-order valence-electron chi connectivity index (χ3n) is 4.85. The Balaban J connectivity index is 0.000000239. The summed E-state index contributed by atoms with van der Waals surface area (Å²) in [5.41, 5.74) is 1.71. The number of aliphatic carboxylic acids is 1. The molecule has 1 unspecified atom stereocenters. The molecule has 6 nitrogen and oxygen atoms in total. The van der Waals surface area contributed by atoms with Gasteiger partial charge in [-0.05, 0) is 43.2 Å². The zero-order valence-corrected chi connectivity index (χ0v) is 19.3. The quantitative estimate of drug-likeness (QED) is 0.504. The molecule has 0 aliphatic carbocycles. The molecular formula is C20H20Cl2N2O4S2. The molecule has 0 amide bonds. The molecule has 10 heteroatoms. The molecule has 0 spiro atoms. The minimum atomic E-state index is -3.41. The van der Waals surface area contributed by atoms with Crippen molar-refractivity contribution in [3.63, 3.8) is 0 Å². The molecule has 30 heavy (non-hydrogen) atoms. The van der Waals surface area contributed by atoms with E-state index in [1.54, 1.807) is 30.3 Å². The van der Waals surface area contributed by atoms with Gasteiger partial charge in [0.25, 0.3) is 0 Å². The SMILES string of the molecule is CS(=O)(=O)c1nccc2c1cc1n2CCCC1CC(=O)O.Sc1ccc(Cl)c(Cl)c1. The van der Waals surface area contributed by atoms with Crippen LogP contribution >= 0.6 is 35.8 Å². The summed E-state index contributed by atoms with van der Waals surface area (Å²) in [4.78, 5) is 15.8. The van der Waals surface area contributed by atoms with Gasteiger partial charge in [-0.15, -0.1) is 12.6 Å². The minimum absolute atomic E-state index is 0.0657. The van der Waals surface area contributed by atoms with Crippen molar-refractivity contribution in [1.82, 2.24) is 9.55 Å². The summed E-state index contributed by atoms with van der Waals surface area (Å²) in [5, 5.41) is 10.8. The van der Waals surface area contributed by atoms with Gasteiger partial charge in [0, 0.05) is 40.9 Å². The molecule has 2 aromatic heterocycles. The van der Waals surface area contributed by atoms with Gasteiger partial charge in [0.1, 0.15) is 0 Å². The predicted molar refractivity (Wildman–Crippen MR) is 121 cm³/mol. The summed E-state index contributed by atoms with van der Waals surface area (Å²) in [6.07, 6.45) is 4.40. The minimum Gasteiger partial charge on any atom is -0.481 e. The molecule has 1 N–H and O–H groups in total. The lowest BCUT2D eigenvalue weighted by Crippen LogP contribution is -2.17. The van der Waals surface area contributed by atoms with E-state index in [1.807, 2.05) is 4.57 Å². The molecule has 0 saturated carbocycles. The van der Waals surface area contributed by atoms with Gasteiger partial charge in [-0.25, -0.2) is 13.4 Å². The lowest BCUT2D eigenvalue weighted by atomic mass is 9.93. The van der Waals surface area contributed by atoms with E-state index in [4.69, 9.17) is 28.3 Å². The van der Waals surface area contributed by atoms with E-state index in [-0.39, 0.29) is 17.4 Å². The second-order valence-corrected chi connectivity index (χ2v) is 10.3. The molecule has 3 aromatic rings. The first kappa shape index (κ1) is 22.9. The first-order valence-corrected chi connectivity index (χ1v) is 12.2. The van der Waals surface area contributed by atoms with E-state index in [9.17, 15) is 13.2 Å². The number of nitrogens with zero attached hydrogens (tertiary/aromatic N) is 2. The van der Waals surface area contributed by atoms with E-state index < -0.39 is 15.8 Å². The summed E-state index contributed by atoms with van der Waals surface area (Å²) in [6.45, 7) is 0.780. The number of aromatic nitrogens is 2. The Labute approximate surface area is 190 Å². The van der Waals surface area contributed by atoms with Crippen molar-refractivity contribution in [1.29, 1.82) is 0 Å². The zero-order chi connectivity index (χ0) is 22.1. The van der Waals surface area contributed by atoms with Crippen LogP contribution in [-0.2, 0) is 21.2 Å². The maximum Gasteiger partial charge on any atom is 0.304 e. The van der Waals surface area contributed by atoms with E-state index in [1.165, 1.54) is 6.20 Å². The van der Waals surface area contributed by atoms with Crippen molar-refractivity contribution in [3.8, 4) is 0 Å². The number of benzene rings is 1. The van der Waals surface area contributed by atoms with Gasteiger partial charge in [0.05, 0.1) is 22.0 Å². The summed E-state index contributed by atoms with van der Waals surface area (Å²) >= 11 is 15.3. The van der Waals surface area contributed by atoms with Crippen LogP contribution in [0.5, 0.6) is 0 Å². The lowest BCUT2D eigenvalue weighted by Gasteiger charge is -2.24. The van der Waals surface area contributed by atoms with Crippen LogP contribution in [0.15, 0.2) is 46.5 Å². The van der Waals surface area contributed by atoms with Crippen LogP contribution in [-0.4, -0.2) is 35.3 Å². The number of rotatable bonds is 3. The first-order valence-electron chi connectivity index (χ1n) is 9.12. The van der Waals surface area contributed by atoms with Gasteiger partial charge in [-0.1, -0.05) is 23.2 Å². The van der Waals surface area contributed by atoms with E-state index in [2.05, 4.69) is 17.6 Å². The van der Waals surface area contributed by atoms with Gasteiger partial charge in [0.15, 0.2) is 14.9 Å². The molecule has 160 valence electrons. The maximum atomic E-state index is 11.9. The van der Waals surface area contributed by atoms with Crippen molar-refractivity contribution >= 4 is 62.5 Å². The third kappa shape index (κ3) is 5.11. The van der Waals surface area contributed by atoms with Crippen molar-refractivity contribution < 1.29 is 18.3 Å². The molecule has 0 radical (unpaired) electrons. The highest BCUT2D eigenvalue weighted by molar-refractivity contribution is 7.90. The molecule has 3 heterocycles. The molecule has 1 aliphatic rings. The lowest BCUT2D eigenvalue weighted by molar-refractivity contribution is -0.137. The monoisotopic (exact) mass is 486 g/mol. The normalized spacial score (nSPS) is 15.9. The Kier molecular flexibility index (Phi) is 7.02. The van der Waals surface area contributed by atoms with Crippen LogP contribution in [0.25, 0.3) is 10.9 Å². The molecule has 4 rings (SSSR count). The Hall–Kier alpha value is -1.74. The Morgan fingerprint density at radius 3 is 2.60 bits per heavy atom. The number of thiol groups is 1. The topological polar surface area (TPSA) is 89.3 Å². The van der Waals surface area contributed by atoms with E-state index in [0.717, 1.165) is 41.7 Å². The summed E-state index contributed by atoms with van der Waals surface area (Å²) in [7, 11) is -3.41. The van der Waals surface area contributed by atoms with E-state index >= 15 is 0 Å². The maximum absolute atomic E-state index is 11.9. The highest BCUT2D eigenvalue weighted by atomic mass is 35.5. The van der Waals surface area contributed by atoms with Crippen LogP contribution in [0.2, 0.25) is 10.0 Å². The number of halogens is 2. The van der Waals surface area contributed by atoms with E-state index in [0.29, 0.717) is 15.4 Å². The summed E-state index contributed by atoms with van der Waals surface area (Å²) in [5.74, 6) is -0.906. The second-order valence-electron chi connectivity index (χ2n) is 7.08. The number of carbonyl (C=O) groups is 1. The van der Waals surface area contributed by atoms with Crippen LogP contribution in [0.4, 0.5) is 0 Å². The number of sulfone groups is 1. The molecule has 1 atom stereocenters. The number of pyridine rings is 1. The van der Waals surface area contributed by atoms with Gasteiger partial charge in [0.2, 0.25) is 0 Å². The molecular weight excluding hydrogens is 467 g/mol. The smallest absolute Gasteiger partial charge is 0.304 e. The van der Waals surface area contributed by atoms with Crippen molar-refractivity contribution in [2.24, 2.45) is 0 Å². The number of carboxylic acid groups (broad SMARTS) is 1. The second kappa shape index (κ2) is 9.18. The third-order valence-corrected chi connectivity index (χ3v) is 6.90. The summed E-state index contributed by atoms with van der Waals surface area (Å²) < 4.78 is 25.7. The molecule has 0 bridgehead atoms. The largest absolute Gasteiger partial charge is 0.481 e. The Bertz CT molecular complexity index is 1210. The Morgan fingerprint density at radius 2 is 2.00 bits per heavy atom. The van der Waals surface area contributed by atoms with Crippen molar-refractivity contribution in [2.75, 3.05) is 6.26 Å². The van der Waals surface area contributed by atoms with Crippen LogP contribution < -0.4 is 0 Å². The van der Waals surface area contributed by atoms with Gasteiger partial charge < -0.3 is 9.67 Å².